The van der Waals surface area contributed by atoms with Gasteiger partial charge in [0.25, 0.3) is 0 Å². The van der Waals surface area contributed by atoms with E-state index in [4.69, 9.17) is 4.74 Å². The third-order valence-electron chi connectivity index (χ3n) is 3.39. The van der Waals surface area contributed by atoms with Crippen LogP contribution < -0.4 is 4.74 Å². The summed E-state index contributed by atoms with van der Waals surface area (Å²) < 4.78 is 7.50. The summed E-state index contributed by atoms with van der Waals surface area (Å²) in [5, 5.41) is 9.67. The number of aliphatic hydroxyl groups is 1. The second kappa shape index (κ2) is 6.03. The number of rotatable bonds is 5. The minimum atomic E-state index is -0.0611. The van der Waals surface area contributed by atoms with Gasteiger partial charge < -0.3 is 14.2 Å². The third kappa shape index (κ3) is 2.73. The highest BCUT2D eigenvalue weighted by atomic mass is 16.5. The van der Waals surface area contributed by atoms with Crippen molar-refractivity contribution in [3.63, 3.8) is 0 Å². The maximum atomic E-state index is 9.67. The Balaban J connectivity index is 1.95. The topological polar surface area (TPSA) is 46.8 Å². The van der Waals surface area contributed by atoms with Gasteiger partial charge in [-0.05, 0) is 48.9 Å². The first-order valence-electron chi connectivity index (χ1n) is 7.13. The van der Waals surface area contributed by atoms with Crippen molar-refractivity contribution in [2.45, 2.75) is 13.5 Å². The number of hydrogen-bond donors (Lipinski definition) is 1. The highest BCUT2D eigenvalue weighted by molar-refractivity contribution is 5.67. The van der Waals surface area contributed by atoms with Crippen LogP contribution in [-0.4, -0.2) is 21.1 Å². The highest BCUT2D eigenvalue weighted by Crippen LogP contribution is 2.26. The zero-order chi connectivity index (χ0) is 15.5. The van der Waals surface area contributed by atoms with Gasteiger partial charge in [0.1, 0.15) is 18.0 Å². The van der Waals surface area contributed by atoms with Crippen LogP contribution in [0.5, 0.6) is 5.75 Å². The maximum absolute atomic E-state index is 9.67. The molecule has 1 N–H and O–H groups in total. The van der Waals surface area contributed by atoms with Crippen LogP contribution in [0.3, 0.4) is 0 Å². The van der Waals surface area contributed by atoms with E-state index >= 15 is 0 Å². The number of nitrogens with zero attached hydrogens (tertiary/aromatic N) is 2. The number of aromatic nitrogens is 2. The number of hydrogen-bond acceptors (Lipinski definition) is 3. The molecule has 22 heavy (non-hydrogen) atoms. The molecule has 112 valence electrons. The van der Waals surface area contributed by atoms with Gasteiger partial charge in [-0.3, -0.25) is 0 Å². The van der Waals surface area contributed by atoms with Crippen molar-refractivity contribution in [2.24, 2.45) is 0 Å². The van der Waals surface area contributed by atoms with Crippen LogP contribution in [-0.2, 0) is 6.61 Å². The van der Waals surface area contributed by atoms with E-state index in [0.29, 0.717) is 6.61 Å². The van der Waals surface area contributed by atoms with Gasteiger partial charge in [-0.2, -0.15) is 0 Å². The van der Waals surface area contributed by atoms with Crippen molar-refractivity contribution in [3.8, 4) is 17.0 Å². The lowest BCUT2D eigenvalue weighted by Crippen LogP contribution is -1.97. The molecule has 0 spiro atoms. The van der Waals surface area contributed by atoms with Gasteiger partial charge in [0.2, 0.25) is 0 Å². The normalized spacial score (nSPS) is 10.8. The summed E-state index contributed by atoms with van der Waals surface area (Å²) in [4.78, 5) is 4.61. The van der Waals surface area contributed by atoms with Crippen LogP contribution in [0.25, 0.3) is 16.9 Å². The van der Waals surface area contributed by atoms with Gasteiger partial charge in [-0.25, -0.2) is 4.98 Å². The molecule has 0 bridgehead atoms. The van der Waals surface area contributed by atoms with Gasteiger partial charge in [-0.1, -0.05) is 12.6 Å². The summed E-state index contributed by atoms with van der Waals surface area (Å²) in [6.07, 6.45) is 1.90. The van der Waals surface area contributed by atoms with Crippen LogP contribution in [0.15, 0.2) is 60.8 Å². The average Bonchev–Trinajstić information content (AvgIpc) is 2.92. The van der Waals surface area contributed by atoms with Crippen LogP contribution in [0.2, 0.25) is 0 Å². The molecule has 0 fully saturated rings. The van der Waals surface area contributed by atoms with E-state index in [9.17, 15) is 5.11 Å². The van der Waals surface area contributed by atoms with E-state index in [0.717, 1.165) is 33.9 Å². The Morgan fingerprint density at radius 2 is 2.00 bits per heavy atom. The minimum absolute atomic E-state index is 0.0611. The molecule has 1 aromatic carbocycles. The molecule has 0 unspecified atom stereocenters. The first-order chi connectivity index (χ1) is 10.7. The molecule has 4 nitrogen and oxygen atoms in total. The molecule has 0 amide bonds. The fourth-order valence-corrected chi connectivity index (χ4v) is 2.34. The average molecular weight is 294 g/mol. The summed E-state index contributed by atoms with van der Waals surface area (Å²) in [6, 6.07) is 13.5. The number of ether oxygens (including phenoxy) is 1. The molecule has 0 aliphatic rings. The van der Waals surface area contributed by atoms with Crippen LogP contribution in [0.1, 0.15) is 12.6 Å². The summed E-state index contributed by atoms with van der Waals surface area (Å²) in [7, 11) is 0. The molecule has 0 saturated heterocycles. The zero-order valence-electron chi connectivity index (χ0n) is 12.5. The Morgan fingerprint density at radius 3 is 2.68 bits per heavy atom. The monoisotopic (exact) mass is 294 g/mol. The molecule has 3 rings (SSSR count). The molecule has 2 aromatic heterocycles. The lowest BCUT2D eigenvalue weighted by molar-refractivity contribution is 0.276. The molecule has 0 aliphatic heterocycles. The Morgan fingerprint density at radius 1 is 1.23 bits per heavy atom. The quantitative estimate of drug-likeness (QED) is 0.733. The number of fused-ring (bicyclic) bond motifs is 1. The molecule has 2 heterocycles. The lowest BCUT2D eigenvalue weighted by Gasteiger charge is -2.07. The van der Waals surface area contributed by atoms with Crippen molar-refractivity contribution in [1.82, 2.24) is 9.38 Å². The number of benzene rings is 1. The van der Waals surface area contributed by atoms with Crippen molar-refractivity contribution in [2.75, 3.05) is 6.61 Å². The van der Waals surface area contributed by atoms with Gasteiger partial charge in [-0.15, -0.1) is 0 Å². The minimum Gasteiger partial charge on any atom is -0.489 e. The van der Waals surface area contributed by atoms with E-state index in [-0.39, 0.29) is 6.61 Å². The predicted molar refractivity (Wildman–Crippen MR) is 86.9 cm³/mol. The summed E-state index contributed by atoms with van der Waals surface area (Å²) in [5.74, 6) is 0.793. The van der Waals surface area contributed by atoms with Crippen LogP contribution in [0, 0.1) is 0 Å². The van der Waals surface area contributed by atoms with E-state index in [2.05, 4.69) is 11.6 Å². The molecule has 3 aromatic rings. The Hall–Kier alpha value is -2.59. The van der Waals surface area contributed by atoms with E-state index < -0.39 is 0 Å². The molecular weight excluding hydrogens is 276 g/mol. The van der Waals surface area contributed by atoms with Gasteiger partial charge in [0.05, 0.1) is 18.0 Å². The van der Waals surface area contributed by atoms with Gasteiger partial charge in [0, 0.05) is 11.8 Å². The third-order valence-corrected chi connectivity index (χ3v) is 3.39. The SMILES string of the molecule is C=C(C)COc1ccc(-c2nc3ccccn3c2CO)cc1. The fourth-order valence-electron chi connectivity index (χ4n) is 2.34. The standard InChI is InChI=1S/C18H18N2O2/c1-13(2)12-22-15-8-6-14(7-9-15)18-16(11-21)20-10-4-3-5-17(20)19-18/h3-10,21H,1,11-12H2,2H3. The van der Waals surface area contributed by atoms with Crippen molar-refractivity contribution in [1.29, 1.82) is 0 Å². The highest BCUT2D eigenvalue weighted by Gasteiger charge is 2.12. The van der Waals surface area contributed by atoms with Gasteiger partial charge in [0.15, 0.2) is 0 Å². The van der Waals surface area contributed by atoms with Crippen LogP contribution >= 0.6 is 0 Å². The van der Waals surface area contributed by atoms with Crippen molar-refractivity contribution >= 4 is 5.65 Å². The number of pyridine rings is 1. The number of aliphatic hydroxyl groups excluding tert-OH is 1. The Labute approximate surface area is 129 Å². The van der Waals surface area contributed by atoms with E-state index in [1.165, 1.54) is 0 Å². The first-order valence-corrected chi connectivity index (χ1v) is 7.13. The Bertz CT molecular complexity index is 804. The fraction of sp³-hybridized carbons (Fsp3) is 0.167. The Kier molecular flexibility index (Phi) is 3.94. The van der Waals surface area contributed by atoms with Crippen molar-refractivity contribution < 1.29 is 9.84 Å². The second-order valence-corrected chi connectivity index (χ2v) is 5.26. The smallest absolute Gasteiger partial charge is 0.137 e. The van der Waals surface area contributed by atoms with E-state index in [1.807, 2.05) is 60.0 Å². The van der Waals surface area contributed by atoms with Crippen LogP contribution in [0.4, 0.5) is 0 Å². The molecule has 4 heteroatoms. The molecule has 0 saturated carbocycles. The van der Waals surface area contributed by atoms with E-state index in [1.54, 1.807) is 0 Å². The molecule has 0 radical (unpaired) electrons. The lowest BCUT2D eigenvalue weighted by atomic mass is 10.1. The summed E-state index contributed by atoms with van der Waals surface area (Å²) in [6.45, 7) is 6.19. The summed E-state index contributed by atoms with van der Waals surface area (Å²) in [5.41, 5.74) is 4.33. The molecule has 0 aliphatic carbocycles. The molecule has 0 atom stereocenters. The maximum Gasteiger partial charge on any atom is 0.137 e. The number of imidazole rings is 1. The van der Waals surface area contributed by atoms with Gasteiger partial charge >= 0.3 is 0 Å². The largest absolute Gasteiger partial charge is 0.489 e. The summed E-state index contributed by atoms with van der Waals surface area (Å²) >= 11 is 0. The molecular formula is C18H18N2O2. The predicted octanol–water partition coefficient (Wildman–Crippen LogP) is 3.45. The first kappa shape index (κ1) is 14.4. The van der Waals surface area contributed by atoms with Crippen molar-refractivity contribution in [3.05, 3.63) is 66.5 Å². The second-order valence-electron chi connectivity index (χ2n) is 5.26. The zero-order valence-corrected chi connectivity index (χ0v) is 12.5.